The minimum atomic E-state index is -0.525. The van der Waals surface area contributed by atoms with Gasteiger partial charge in [0.05, 0.1) is 24.0 Å². The summed E-state index contributed by atoms with van der Waals surface area (Å²) in [4.78, 5) is 26.8. The SMILES string of the molecule is C=CC(=O)N1CCC(Nc2cc3c(Nc4ccc(Oc5ccnc(Nc6nncs6)c5)cc4F)ncnc3cc2OC)CC1. The Hall–Kier alpha value is -5.37. The van der Waals surface area contributed by atoms with Gasteiger partial charge in [0.2, 0.25) is 11.0 Å². The third-order valence-corrected chi connectivity index (χ3v) is 7.66. The van der Waals surface area contributed by atoms with Crippen LogP contribution >= 0.6 is 11.3 Å². The smallest absolute Gasteiger partial charge is 0.245 e. The second-order valence-electron chi connectivity index (χ2n) is 9.85. The number of nitrogens with one attached hydrogen (secondary N) is 3. The van der Waals surface area contributed by atoms with Crippen LogP contribution < -0.4 is 25.4 Å². The fourth-order valence-electron chi connectivity index (χ4n) is 4.86. The molecule has 14 heteroatoms. The number of anilines is 5. The molecule has 12 nitrogen and oxygen atoms in total. The number of benzene rings is 2. The van der Waals surface area contributed by atoms with Gasteiger partial charge in [-0.1, -0.05) is 17.9 Å². The summed E-state index contributed by atoms with van der Waals surface area (Å²) in [5, 5.41) is 18.7. The van der Waals surface area contributed by atoms with Crippen LogP contribution in [0.1, 0.15) is 12.8 Å². The normalized spacial score (nSPS) is 13.4. The molecule has 1 amide bonds. The van der Waals surface area contributed by atoms with E-state index < -0.39 is 5.82 Å². The number of hydrogen-bond donors (Lipinski definition) is 3. The maximum atomic E-state index is 15.3. The predicted octanol–water partition coefficient (Wildman–Crippen LogP) is 5.89. The number of nitrogens with zero attached hydrogens (tertiary/aromatic N) is 6. The molecule has 0 unspecified atom stereocenters. The van der Waals surface area contributed by atoms with Crippen LogP contribution in [0.4, 0.5) is 32.5 Å². The molecule has 0 atom stereocenters. The van der Waals surface area contributed by atoms with E-state index in [9.17, 15) is 4.79 Å². The summed E-state index contributed by atoms with van der Waals surface area (Å²) >= 11 is 1.34. The molecule has 1 aliphatic heterocycles. The van der Waals surface area contributed by atoms with Crippen molar-refractivity contribution in [1.82, 2.24) is 30.0 Å². The largest absolute Gasteiger partial charge is 0.495 e. The first-order valence-corrected chi connectivity index (χ1v) is 14.6. The van der Waals surface area contributed by atoms with Crippen LogP contribution in [-0.2, 0) is 4.79 Å². The molecule has 6 rings (SSSR count). The third-order valence-electron chi connectivity index (χ3n) is 7.05. The van der Waals surface area contributed by atoms with Gasteiger partial charge in [0, 0.05) is 48.9 Å². The van der Waals surface area contributed by atoms with Crippen LogP contribution in [0.15, 0.2) is 73.2 Å². The van der Waals surface area contributed by atoms with E-state index in [0.717, 1.165) is 18.5 Å². The van der Waals surface area contributed by atoms with Gasteiger partial charge in [-0.15, -0.1) is 10.2 Å². The maximum absolute atomic E-state index is 15.3. The summed E-state index contributed by atoms with van der Waals surface area (Å²) in [7, 11) is 1.60. The van der Waals surface area contributed by atoms with Crippen molar-refractivity contribution in [2.24, 2.45) is 0 Å². The molecule has 1 aliphatic rings. The van der Waals surface area contributed by atoms with E-state index in [2.05, 4.69) is 47.7 Å². The lowest BCUT2D eigenvalue weighted by Gasteiger charge is -2.32. The minimum Gasteiger partial charge on any atom is -0.495 e. The molecular formula is C30H28FN9O3S. The molecule has 0 bridgehead atoms. The first-order chi connectivity index (χ1) is 21.5. The number of carbonyl (C=O) groups excluding carboxylic acids is 1. The zero-order valence-electron chi connectivity index (χ0n) is 23.7. The van der Waals surface area contributed by atoms with Crippen molar-refractivity contribution in [3.8, 4) is 17.2 Å². The van der Waals surface area contributed by atoms with Gasteiger partial charge in [-0.3, -0.25) is 4.79 Å². The van der Waals surface area contributed by atoms with Gasteiger partial charge in [0.25, 0.3) is 0 Å². The summed E-state index contributed by atoms with van der Waals surface area (Å²) in [6.45, 7) is 4.85. The van der Waals surface area contributed by atoms with Gasteiger partial charge >= 0.3 is 0 Å². The number of amides is 1. The number of pyridine rings is 1. The fourth-order valence-corrected chi connectivity index (χ4v) is 5.31. The zero-order chi connectivity index (χ0) is 30.5. The van der Waals surface area contributed by atoms with Crippen molar-refractivity contribution < 1.29 is 18.7 Å². The molecule has 0 radical (unpaired) electrons. The van der Waals surface area contributed by atoms with Crippen LogP contribution in [-0.4, -0.2) is 62.2 Å². The lowest BCUT2D eigenvalue weighted by molar-refractivity contribution is -0.126. The fraction of sp³-hybridized carbons (Fsp3) is 0.200. The molecule has 1 saturated heterocycles. The first-order valence-electron chi connectivity index (χ1n) is 13.7. The zero-order valence-corrected chi connectivity index (χ0v) is 24.5. The second-order valence-corrected chi connectivity index (χ2v) is 10.7. The summed E-state index contributed by atoms with van der Waals surface area (Å²) in [5.74, 6) is 1.77. The number of rotatable bonds is 10. The van der Waals surface area contributed by atoms with E-state index in [1.807, 2.05) is 12.1 Å². The highest BCUT2D eigenvalue weighted by Gasteiger charge is 2.23. The summed E-state index contributed by atoms with van der Waals surface area (Å²) in [6, 6.07) is 11.7. The molecule has 2 aromatic carbocycles. The molecule has 44 heavy (non-hydrogen) atoms. The van der Waals surface area contributed by atoms with E-state index in [-0.39, 0.29) is 17.6 Å². The highest BCUT2D eigenvalue weighted by atomic mass is 32.1. The van der Waals surface area contributed by atoms with Crippen LogP contribution in [0.2, 0.25) is 0 Å². The Bertz CT molecular complexity index is 1800. The van der Waals surface area contributed by atoms with Crippen molar-refractivity contribution in [2.45, 2.75) is 18.9 Å². The molecule has 0 spiro atoms. The minimum absolute atomic E-state index is 0.0595. The van der Waals surface area contributed by atoms with Crippen molar-refractivity contribution in [2.75, 3.05) is 36.1 Å². The molecule has 0 saturated carbocycles. The number of carbonyl (C=O) groups is 1. The lowest BCUT2D eigenvalue weighted by Crippen LogP contribution is -2.41. The lowest BCUT2D eigenvalue weighted by atomic mass is 10.0. The topological polar surface area (TPSA) is 139 Å². The van der Waals surface area contributed by atoms with Gasteiger partial charge in [0.1, 0.15) is 46.5 Å². The standard InChI is InChI=1S/C30H28FN9O3S/c1-3-28(41)40-10-7-18(8-11-40)36-25-14-21-24(15-26(25)42-2)33-16-34-29(21)37-23-5-4-19(12-22(23)31)43-20-6-9-32-27(13-20)38-30-39-35-17-44-30/h3-6,9,12-18,36H,1,7-8,10-11H2,2H3,(H,32,38,39)(H,33,34,37). The van der Waals surface area contributed by atoms with Crippen molar-refractivity contribution >= 4 is 56.3 Å². The Morgan fingerprint density at radius 3 is 2.66 bits per heavy atom. The number of fused-ring (bicyclic) bond motifs is 1. The van der Waals surface area contributed by atoms with Gasteiger partial charge < -0.3 is 30.3 Å². The Kier molecular flexibility index (Phi) is 8.41. The van der Waals surface area contributed by atoms with E-state index in [1.54, 1.807) is 48.0 Å². The van der Waals surface area contributed by atoms with Crippen LogP contribution in [0.25, 0.3) is 10.9 Å². The van der Waals surface area contributed by atoms with E-state index in [4.69, 9.17) is 9.47 Å². The second kappa shape index (κ2) is 12.9. The van der Waals surface area contributed by atoms with Crippen LogP contribution in [0, 0.1) is 5.82 Å². The monoisotopic (exact) mass is 613 g/mol. The first kappa shape index (κ1) is 28.7. The Balaban J connectivity index is 1.18. The predicted molar refractivity (Wildman–Crippen MR) is 167 cm³/mol. The molecule has 224 valence electrons. The van der Waals surface area contributed by atoms with E-state index >= 15 is 4.39 Å². The number of hydrogen-bond acceptors (Lipinski definition) is 12. The maximum Gasteiger partial charge on any atom is 0.245 e. The number of halogens is 1. The van der Waals surface area contributed by atoms with E-state index in [0.29, 0.717) is 58.0 Å². The Morgan fingerprint density at radius 1 is 1.07 bits per heavy atom. The van der Waals surface area contributed by atoms with Gasteiger partial charge in [-0.2, -0.15) is 0 Å². The number of likely N-dealkylation sites (tertiary alicyclic amines) is 1. The molecule has 4 heterocycles. The molecule has 3 N–H and O–H groups in total. The average Bonchev–Trinajstić information content (AvgIpc) is 3.55. The van der Waals surface area contributed by atoms with Crippen molar-refractivity contribution in [3.63, 3.8) is 0 Å². The van der Waals surface area contributed by atoms with Crippen LogP contribution in [0.5, 0.6) is 17.2 Å². The Labute approximate surface area is 256 Å². The van der Waals surface area contributed by atoms with Crippen molar-refractivity contribution in [3.05, 3.63) is 79.0 Å². The summed E-state index contributed by atoms with van der Waals surface area (Å²) < 4.78 is 26.8. The molecule has 0 aliphatic carbocycles. The molecule has 5 aromatic rings. The third kappa shape index (κ3) is 6.49. The van der Waals surface area contributed by atoms with Gasteiger partial charge in [-0.05, 0) is 43.2 Å². The van der Waals surface area contributed by atoms with E-state index in [1.165, 1.54) is 29.8 Å². The number of methoxy groups -OCH3 is 1. The van der Waals surface area contributed by atoms with Crippen LogP contribution in [0.3, 0.4) is 0 Å². The quantitative estimate of drug-likeness (QED) is 0.162. The summed E-state index contributed by atoms with van der Waals surface area (Å²) in [6.07, 6.45) is 5.89. The number of aromatic nitrogens is 5. The summed E-state index contributed by atoms with van der Waals surface area (Å²) in [5.41, 5.74) is 3.22. The molecule has 3 aromatic heterocycles. The number of ether oxygens (including phenoxy) is 2. The number of piperidine rings is 1. The van der Waals surface area contributed by atoms with Crippen molar-refractivity contribution in [1.29, 1.82) is 0 Å². The highest BCUT2D eigenvalue weighted by molar-refractivity contribution is 7.13. The molecule has 1 fully saturated rings. The highest BCUT2D eigenvalue weighted by Crippen LogP contribution is 2.35. The average molecular weight is 614 g/mol. The Morgan fingerprint density at radius 2 is 1.91 bits per heavy atom. The van der Waals surface area contributed by atoms with Gasteiger partial charge in [-0.25, -0.2) is 19.3 Å². The van der Waals surface area contributed by atoms with Gasteiger partial charge in [0.15, 0.2) is 0 Å². The molecular weight excluding hydrogens is 585 g/mol.